The van der Waals surface area contributed by atoms with Gasteiger partial charge in [-0.3, -0.25) is 4.79 Å². The van der Waals surface area contributed by atoms with E-state index in [0.29, 0.717) is 13.2 Å². The Morgan fingerprint density at radius 3 is 2.50 bits per heavy atom. The predicted molar refractivity (Wildman–Crippen MR) is 72.1 cm³/mol. The third kappa shape index (κ3) is 4.37. The summed E-state index contributed by atoms with van der Waals surface area (Å²) in [5.74, 6) is -0.834. The number of hydrogen-bond acceptors (Lipinski definition) is 3. The molecule has 100 valence electrons. The van der Waals surface area contributed by atoms with Crippen LogP contribution in [0.2, 0.25) is 0 Å². The van der Waals surface area contributed by atoms with Crippen molar-refractivity contribution in [2.75, 3.05) is 24.7 Å². The summed E-state index contributed by atoms with van der Waals surface area (Å²) in [6.45, 7) is 7.06. The van der Waals surface area contributed by atoms with Gasteiger partial charge in [0.15, 0.2) is 0 Å². The number of aryl methyl sites for hydroxylation is 1. The zero-order valence-corrected chi connectivity index (χ0v) is 11.2. The fourth-order valence-corrected chi connectivity index (χ4v) is 1.76. The minimum atomic E-state index is -0.834. The second-order valence-corrected chi connectivity index (χ2v) is 4.37. The highest BCUT2D eigenvalue weighted by atomic mass is 16.5. The molecule has 1 N–H and O–H groups in total. The quantitative estimate of drug-likeness (QED) is 0.808. The van der Waals surface area contributed by atoms with Crippen LogP contribution in [0.25, 0.3) is 0 Å². The predicted octanol–water partition coefficient (Wildman–Crippen LogP) is 2.31. The Labute approximate surface area is 108 Å². The molecule has 1 atom stereocenters. The van der Waals surface area contributed by atoms with Gasteiger partial charge in [-0.05, 0) is 32.9 Å². The number of carboxylic acid groups (broad SMARTS) is 1. The highest BCUT2D eigenvalue weighted by Crippen LogP contribution is 2.17. The van der Waals surface area contributed by atoms with Crippen LogP contribution >= 0.6 is 0 Å². The summed E-state index contributed by atoms with van der Waals surface area (Å²) >= 11 is 0. The monoisotopic (exact) mass is 251 g/mol. The van der Waals surface area contributed by atoms with E-state index in [-0.39, 0.29) is 12.6 Å². The SMILES string of the molecule is CCOCC(C)N(CC(=O)O)c1ccc(C)cc1. The van der Waals surface area contributed by atoms with Crippen molar-refractivity contribution in [2.24, 2.45) is 0 Å². The standard InChI is InChI=1S/C14H21NO3/c1-4-18-10-12(3)15(9-14(16)17)13-7-5-11(2)6-8-13/h5-8,12H,4,9-10H2,1-3H3,(H,16,17). The first kappa shape index (κ1) is 14.5. The number of rotatable bonds is 7. The minimum Gasteiger partial charge on any atom is -0.480 e. The van der Waals surface area contributed by atoms with E-state index >= 15 is 0 Å². The van der Waals surface area contributed by atoms with E-state index < -0.39 is 5.97 Å². The van der Waals surface area contributed by atoms with Gasteiger partial charge in [0, 0.05) is 12.3 Å². The molecule has 1 unspecified atom stereocenters. The molecule has 0 heterocycles. The van der Waals surface area contributed by atoms with Gasteiger partial charge >= 0.3 is 5.97 Å². The Morgan fingerprint density at radius 2 is 2.00 bits per heavy atom. The molecule has 0 amide bonds. The van der Waals surface area contributed by atoms with Crippen LogP contribution in [0.15, 0.2) is 24.3 Å². The van der Waals surface area contributed by atoms with Crippen LogP contribution in [0, 0.1) is 6.92 Å². The zero-order chi connectivity index (χ0) is 13.5. The second kappa shape index (κ2) is 7.01. The van der Waals surface area contributed by atoms with Crippen LogP contribution in [0.3, 0.4) is 0 Å². The van der Waals surface area contributed by atoms with E-state index in [4.69, 9.17) is 9.84 Å². The Kier molecular flexibility index (Phi) is 5.65. The molecule has 18 heavy (non-hydrogen) atoms. The van der Waals surface area contributed by atoms with Crippen LogP contribution in [0.1, 0.15) is 19.4 Å². The topological polar surface area (TPSA) is 49.8 Å². The number of anilines is 1. The van der Waals surface area contributed by atoms with E-state index in [1.807, 2.05) is 49.9 Å². The zero-order valence-electron chi connectivity index (χ0n) is 11.2. The first-order valence-corrected chi connectivity index (χ1v) is 6.17. The largest absolute Gasteiger partial charge is 0.480 e. The van der Waals surface area contributed by atoms with Gasteiger partial charge < -0.3 is 14.7 Å². The van der Waals surface area contributed by atoms with Crippen molar-refractivity contribution in [2.45, 2.75) is 26.8 Å². The summed E-state index contributed by atoms with van der Waals surface area (Å²) in [6, 6.07) is 7.89. The van der Waals surface area contributed by atoms with Crippen molar-refractivity contribution in [1.29, 1.82) is 0 Å². The Hall–Kier alpha value is -1.55. The molecule has 0 radical (unpaired) electrons. The van der Waals surface area contributed by atoms with Crippen LogP contribution in [-0.4, -0.2) is 36.9 Å². The van der Waals surface area contributed by atoms with Gasteiger partial charge in [0.2, 0.25) is 0 Å². The van der Waals surface area contributed by atoms with Gasteiger partial charge in [-0.25, -0.2) is 0 Å². The Balaban J connectivity index is 2.82. The lowest BCUT2D eigenvalue weighted by atomic mass is 10.2. The van der Waals surface area contributed by atoms with Gasteiger partial charge in [-0.2, -0.15) is 0 Å². The highest BCUT2D eigenvalue weighted by Gasteiger charge is 2.17. The molecule has 0 spiro atoms. The average molecular weight is 251 g/mol. The van der Waals surface area contributed by atoms with Gasteiger partial charge in [0.05, 0.1) is 12.6 Å². The molecule has 0 bridgehead atoms. The van der Waals surface area contributed by atoms with E-state index in [1.54, 1.807) is 0 Å². The van der Waals surface area contributed by atoms with Crippen molar-refractivity contribution >= 4 is 11.7 Å². The fourth-order valence-electron chi connectivity index (χ4n) is 1.76. The van der Waals surface area contributed by atoms with E-state index in [0.717, 1.165) is 11.3 Å². The fraction of sp³-hybridized carbons (Fsp3) is 0.500. The van der Waals surface area contributed by atoms with Crippen LogP contribution in [0.5, 0.6) is 0 Å². The third-order valence-corrected chi connectivity index (χ3v) is 2.77. The summed E-state index contributed by atoms with van der Waals surface area (Å²) in [6.07, 6.45) is 0. The Morgan fingerprint density at radius 1 is 1.39 bits per heavy atom. The molecule has 0 aliphatic heterocycles. The van der Waals surface area contributed by atoms with Gasteiger partial charge in [-0.1, -0.05) is 17.7 Å². The maximum Gasteiger partial charge on any atom is 0.323 e. The number of carbonyl (C=O) groups is 1. The van der Waals surface area contributed by atoms with Crippen molar-refractivity contribution in [1.82, 2.24) is 0 Å². The average Bonchev–Trinajstić information content (AvgIpc) is 2.34. The molecule has 1 aromatic rings. The van der Waals surface area contributed by atoms with Crippen molar-refractivity contribution in [3.05, 3.63) is 29.8 Å². The van der Waals surface area contributed by atoms with Crippen molar-refractivity contribution in [3.8, 4) is 0 Å². The van der Waals surface area contributed by atoms with Gasteiger partial charge in [-0.15, -0.1) is 0 Å². The Bertz CT molecular complexity index is 375. The summed E-state index contributed by atoms with van der Waals surface area (Å²) in [7, 11) is 0. The first-order chi connectivity index (χ1) is 8.54. The molecule has 0 fully saturated rings. The van der Waals surface area contributed by atoms with Crippen LogP contribution in [-0.2, 0) is 9.53 Å². The molecule has 1 rings (SSSR count). The molecule has 0 aromatic heterocycles. The summed E-state index contributed by atoms with van der Waals surface area (Å²) < 4.78 is 5.37. The van der Waals surface area contributed by atoms with Crippen molar-refractivity contribution < 1.29 is 14.6 Å². The van der Waals surface area contributed by atoms with E-state index in [1.165, 1.54) is 0 Å². The molecule has 4 heteroatoms. The number of ether oxygens (including phenoxy) is 1. The number of benzene rings is 1. The summed E-state index contributed by atoms with van der Waals surface area (Å²) in [4.78, 5) is 12.8. The smallest absolute Gasteiger partial charge is 0.323 e. The lowest BCUT2D eigenvalue weighted by Crippen LogP contribution is -2.40. The molecular formula is C14H21NO3. The molecule has 1 aromatic carbocycles. The third-order valence-electron chi connectivity index (χ3n) is 2.77. The molecule has 4 nitrogen and oxygen atoms in total. The molecular weight excluding hydrogens is 230 g/mol. The van der Waals surface area contributed by atoms with Crippen LogP contribution < -0.4 is 4.90 Å². The maximum absolute atomic E-state index is 10.9. The van der Waals surface area contributed by atoms with E-state index in [9.17, 15) is 4.79 Å². The second-order valence-electron chi connectivity index (χ2n) is 4.37. The number of carboxylic acids is 1. The first-order valence-electron chi connectivity index (χ1n) is 6.17. The van der Waals surface area contributed by atoms with E-state index in [2.05, 4.69) is 0 Å². The lowest BCUT2D eigenvalue weighted by molar-refractivity contribution is -0.135. The highest BCUT2D eigenvalue weighted by molar-refractivity contribution is 5.74. The molecule has 0 aliphatic rings. The number of hydrogen-bond donors (Lipinski definition) is 1. The lowest BCUT2D eigenvalue weighted by Gasteiger charge is -2.29. The number of nitrogens with zero attached hydrogens (tertiary/aromatic N) is 1. The molecule has 0 aliphatic carbocycles. The van der Waals surface area contributed by atoms with Gasteiger partial charge in [0.1, 0.15) is 6.54 Å². The summed E-state index contributed by atoms with van der Waals surface area (Å²) in [5, 5.41) is 8.99. The van der Waals surface area contributed by atoms with Gasteiger partial charge in [0.25, 0.3) is 0 Å². The van der Waals surface area contributed by atoms with Crippen LogP contribution in [0.4, 0.5) is 5.69 Å². The summed E-state index contributed by atoms with van der Waals surface area (Å²) in [5.41, 5.74) is 2.07. The number of aliphatic carboxylic acids is 1. The van der Waals surface area contributed by atoms with Crippen molar-refractivity contribution in [3.63, 3.8) is 0 Å². The molecule has 0 saturated heterocycles. The minimum absolute atomic E-state index is 0.0166. The maximum atomic E-state index is 10.9. The normalized spacial score (nSPS) is 12.2. The molecule has 0 saturated carbocycles.